The van der Waals surface area contributed by atoms with Crippen LogP contribution in [-0.2, 0) is 10.2 Å². The number of aliphatic carboxylic acids is 1. The minimum atomic E-state index is -1.25. The summed E-state index contributed by atoms with van der Waals surface area (Å²) >= 11 is 0. The maximum absolute atomic E-state index is 12.8. The van der Waals surface area contributed by atoms with Crippen molar-refractivity contribution in [3.63, 3.8) is 0 Å². The summed E-state index contributed by atoms with van der Waals surface area (Å²) in [5, 5.41) is 16.8. The molecule has 3 aromatic rings. The topological polar surface area (TPSA) is 105 Å². The summed E-state index contributed by atoms with van der Waals surface area (Å²) in [7, 11) is 0. The van der Waals surface area contributed by atoms with Gasteiger partial charge in [0, 0.05) is 12.2 Å². The molecular weight excluding hydrogens is 334 g/mol. The number of hydrogen-bond donors (Lipinski definition) is 2. The Balaban J connectivity index is 1.91. The number of nitrogens with zero attached hydrogens (tertiary/aromatic N) is 2. The number of aromatic nitrogens is 2. The van der Waals surface area contributed by atoms with Crippen LogP contribution in [0.3, 0.4) is 0 Å². The van der Waals surface area contributed by atoms with Crippen LogP contribution in [0.25, 0.3) is 11.1 Å². The molecule has 0 radical (unpaired) electrons. The van der Waals surface area contributed by atoms with E-state index in [-0.39, 0.29) is 12.3 Å². The molecule has 0 saturated carbocycles. The smallest absolute Gasteiger partial charge is 0.315 e. The molecule has 0 bridgehead atoms. The van der Waals surface area contributed by atoms with Gasteiger partial charge in [0.05, 0.1) is 16.6 Å². The van der Waals surface area contributed by atoms with Gasteiger partial charge in [-0.3, -0.25) is 9.59 Å². The number of pyridine rings is 1. The van der Waals surface area contributed by atoms with E-state index in [0.29, 0.717) is 27.9 Å². The van der Waals surface area contributed by atoms with Crippen molar-refractivity contribution in [3.05, 3.63) is 58.9 Å². The van der Waals surface area contributed by atoms with Crippen LogP contribution in [0, 0.1) is 13.8 Å². The van der Waals surface area contributed by atoms with Gasteiger partial charge in [0.25, 0.3) is 11.6 Å². The zero-order valence-corrected chi connectivity index (χ0v) is 14.7. The summed E-state index contributed by atoms with van der Waals surface area (Å²) in [5.41, 5.74) is 1.19. The van der Waals surface area contributed by atoms with E-state index in [2.05, 4.69) is 15.5 Å². The van der Waals surface area contributed by atoms with E-state index < -0.39 is 17.3 Å². The van der Waals surface area contributed by atoms with Crippen molar-refractivity contribution >= 4 is 23.0 Å². The number of carboxylic acid groups (broad SMARTS) is 1. The van der Waals surface area contributed by atoms with Gasteiger partial charge in [-0.05, 0) is 32.4 Å². The van der Waals surface area contributed by atoms with E-state index in [1.807, 2.05) is 6.07 Å². The van der Waals surface area contributed by atoms with Gasteiger partial charge < -0.3 is 14.9 Å². The molecule has 2 aromatic heterocycles. The Morgan fingerprint density at radius 1 is 1.23 bits per heavy atom. The lowest BCUT2D eigenvalue weighted by Crippen LogP contribution is -2.44. The van der Waals surface area contributed by atoms with Crippen molar-refractivity contribution in [2.45, 2.75) is 26.2 Å². The van der Waals surface area contributed by atoms with Gasteiger partial charge >= 0.3 is 5.97 Å². The number of carboxylic acids is 1. The summed E-state index contributed by atoms with van der Waals surface area (Å²) in [6.07, 6.45) is 0. The molecular formula is C19H19N3O4. The Morgan fingerprint density at radius 2 is 1.92 bits per heavy atom. The van der Waals surface area contributed by atoms with Crippen LogP contribution in [0.5, 0.6) is 0 Å². The number of carbonyl (C=O) groups excluding carboxylic acids is 1. The summed E-state index contributed by atoms with van der Waals surface area (Å²) in [6.45, 7) is 5.01. The molecule has 1 amide bonds. The van der Waals surface area contributed by atoms with Crippen LogP contribution in [0.1, 0.15) is 34.2 Å². The summed E-state index contributed by atoms with van der Waals surface area (Å²) in [5.74, 6) is -1.41. The Kier molecular flexibility index (Phi) is 4.46. The van der Waals surface area contributed by atoms with Crippen molar-refractivity contribution in [3.8, 4) is 0 Å². The Labute approximate surface area is 150 Å². The molecule has 1 unspecified atom stereocenters. The van der Waals surface area contributed by atoms with E-state index in [9.17, 15) is 14.7 Å². The third-order valence-corrected chi connectivity index (χ3v) is 4.48. The average molecular weight is 353 g/mol. The lowest BCUT2D eigenvalue weighted by Gasteiger charge is -2.25. The van der Waals surface area contributed by atoms with Crippen molar-refractivity contribution in [1.82, 2.24) is 15.5 Å². The highest BCUT2D eigenvalue weighted by Crippen LogP contribution is 2.25. The van der Waals surface area contributed by atoms with Crippen molar-refractivity contribution < 1.29 is 19.2 Å². The van der Waals surface area contributed by atoms with Gasteiger partial charge in [0.1, 0.15) is 5.41 Å². The number of fused-ring (bicyclic) bond motifs is 1. The first-order valence-corrected chi connectivity index (χ1v) is 8.13. The standard InChI is InChI=1S/C19H19N3O4/c1-11-9-14(15-12(2)22-26-17(15)21-11)16(23)20-10-19(3,18(24)25)13-7-5-4-6-8-13/h4-9H,10H2,1-3H3,(H,20,23)(H,24,25). The van der Waals surface area contributed by atoms with Crippen LogP contribution in [0.15, 0.2) is 40.9 Å². The molecule has 1 aromatic carbocycles. The molecule has 0 fully saturated rings. The predicted molar refractivity (Wildman–Crippen MR) is 95.0 cm³/mol. The van der Waals surface area contributed by atoms with Crippen LogP contribution < -0.4 is 5.32 Å². The number of nitrogens with one attached hydrogen (secondary N) is 1. The highest BCUT2D eigenvalue weighted by molar-refractivity contribution is 6.06. The number of hydrogen-bond acceptors (Lipinski definition) is 5. The Hall–Kier alpha value is -3.22. The van der Waals surface area contributed by atoms with Crippen LogP contribution in [0.2, 0.25) is 0 Å². The van der Waals surface area contributed by atoms with Crippen LogP contribution in [-0.4, -0.2) is 33.7 Å². The Bertz CT molecular complexity index is 981. The minimum Gasteiger partial charge on any atom is -0.481 e. The molecule has 1 atom stereocenters. The highest BCUT2D eigenvalue weighted by atomic mass is 16.5. The fraction of sp³-hybridized carbons (Fsp3) is 0.263. The largest absolute Gasteiger partial charge is 0.481 e. The van der Waals surface area contributed by atoms with Crippen molar-refractivity contribution in [2.24, 2.45) is 0 Å². The highest BCUT2D eigenvalue weighted by Gasteiger charge is 2.35. The number of benzene rings is 1. The molecule has 7 nitrogen and oxygen atoms in total. The monoisotopic (exact) mass is 353 g/mol. The van der Waals surface area contributed by atoms with Crippen molar-refractivity contribution in [1.29, 1.82) is 0 Å². The number of amides is 1. The number of aryl methyl sites for hydroxylation is 2. The molecule has 2 heterocycles. The second kappa shape index (κ2) is 6.59. The quantitative estimate of drug-likeness (QED) is 0.730. The predicted octanol–water partition coefficient (Wildman–Crippen LogP) is 2.61. The van der Waals surface area contributed by atoms with Gasteiger partial charge in [-0.1, -0.05) is 35.5 Å². The normalized spacial score (nSPS) is 13.3. The SMILES string of the molecule is Cc1cc(C(=O)NCC(C)(C(=O)O)c2ccccc2)c2c(C)noc2n1. The first-order valence-electron chi connectivity index (χ1n) is 8.13. The molecule has 3 rings (SSSR count). The number of rotatable bonds is 5. The van der Waals surface area contributed by atoms with Gasteiger partial charge in [-0.25, -0.2) is 4.98 Å². The minimum absolute atomic E-state index is 0.0572. The lowest BCUT2D eigenvalue weighted by atomic mass is 9.82. The van der Waals surface area contributed by atoms with E-state index in [4.69, 9.17) is 4.52 Å². The van der Waals surface area contributed by atoms with Gasteiger partial charge in [0.15, 0.2) is 0 Å². The lowest BCUT2D eigenvalue weighted by molar-refractivity contribution is -0.142. The fourth-order valence-corrected chi connectivity index (χ4v) is 2.86. The molecule has 26 heavy (non-hydrogen) atoms. The molecule has 0 aliphatic heterocycles. The molecule has 0 spiro atoms. The number of carbonyl (C=O) groups is 2. The molecule has 0 aliphatic rings. The van der Waals surface area contributed by atoms with E-state index in [1.54, 1.807) is 51.1 Å². The summed E-state index contributed by atoms with van der Waals surface area (Å²) < 4.78 is 5.14. The van der Waals surface area contributed by atoms with Crippen LogP contribution >= 0.6 is 0 Å². The average Bonchev–Trinajstić information content (AvgIpc) is 3.00. The Morgan fingerprint density at radius 3 is 2.58 bits per heavy atom. The summed E-state index contributed by atoms with van der Waals surface area (Å²) in [4.78, 5) is 28.8. The van der Waals surface area contributed by atoms with Gasteiger partial charge in [-0.15, -0.1) is 0 Å². The fourth-order valence-electron chi connectivity index (χ4n) is 2.86. The zero-order valence-electron chi connectivity index (χ0n) is 14.7. The van der Waals surface area contributed by atoms with Crippen LogP contribution in [0.4, 0.5) is 0 Å². The van der Waals surface area contributed by atoms with Gasteiger partial charge in [0.2, 0.25) is 0 Å². The van der Waals surface area contributed by atoms with E-state index >= 15 is 0 Å². The first kappa shape index (κ1) is 17.6. The third kappa shape index (κ3) is 3.03. The molecule has 0 aliphatic carbocycles. The van der Waals surface area contributed by atoms with E-state index in [0.717, 1.165) is 0 Å². The maximum Gasteiger partial charge on any atom is 0.315 e. The zero-order chi connectivity index (χ0) is 18.9. The maximum atomic E-state index is 12.8. The van der Waals surface area contributed by atoms with E-state index in [1.165, 1.54) is 0 Å². The second-order valence-corrected chi connectivity index (χ2v) is 6.45. The summed E-state index contributed by atoms with van der Waals surface area (Å²) in [6, 6.07) is 10.5. The first-order chi connectivity index (χ1) is 12.3. The molecule has 0 saturated heterocycles. The third-order valence-electron chi connectivity index (χ3n) is 4.48. The molecule has 2 N–H and O–H groups in total. The second-order valence-electron chi connectivity index (χ2n) is 6.45. The molecule has 7 heteroatoms. The van der Waals surface area contributed by atoms with Gasteiger partial charge in [-0.2, -0.15) is 0 Å². The van der Waals surface area contributed by atoms with Crippen molar-refractivity contribution in [2.75, 3.05) is 6.54 Å². The molecule has 134 valence electrons.